The number of rotatable bonds is 5. The first kappa shape index (κ1) is 12.3. The van der Waals surface area contributed by atoms with Crippen molar-refractivity contribution >= 4 is 5.91 Å². The minimum absolute atomic E-state index is 0.0634. The Balaban J connectivity index is 1.89. The lowest BCUT2D eigenvalue weighted by Gasteiger charge is -2.20. The van der Waals surface area contributed by atoms with E-state index >= 15 is 0 Å². The summed E-state index contributed by atoms with van der Waals surface area (Å²) in [6.45, 7) is 2.93. The van der Waals surface area contributed by atoms with Crippen LogP contribution in [0, 0.1) is 5.92 Å². The third kappa shape index (κ3) is 2.97. The van der Waals surface area contributed by atoms with Crippen LogP contribution in [0.2, 0.25) is 0 Å². The first-order valence-corrected chi connectivity index (χ1v) is 5.78. The number of hydrogen-bond donors (Lipinski definition) is 0. The molecule has 0 spiro atoms. The highest BCUT2D eigenvalue weighted by Crippen LogP contribution is 2.07. The summed E-state index contributed by atoms with van der Waals surface area (Å²) in [7, 11) is 1.76. The molecule has 0 N–H and O–H groups in total. The Labute approximate surface area is 105 Å². The maximum Gasteiger partial charge on any atom is 0.227 e. The summed E-state index contributed by atoms with van der Waals surface area (Å²) in [5.41, 5.74) is 0.747. The summed E-state index contributed by atoms with van der Waals surface area (Å²) in [6.07, 6.45) is 5.05. The van der Waals surface area contributed by atoms with E-state index in [4.69, 9.17) is 4.52 Å². The number of carbonyl (C=O) groups is 1. The van der Waals surface area contributed by atoms with E-state index < -0.39 is 0 Å². The second-order valence-corrected chi connectivity index (χ2v) is 4.31. The van der Waals surface area contributed by atoms with Gasteiger partial charge in [-0.25, -0.2) is 0 Å². The van der Waals surface area contributed by atoms with Crippen LogP contribution in [0.4, 0.5) is 0 Å². The Hall–Kier alpha value is -2.11. The van der Waals surface area contributed by atoms with Gasteiger partial charge >= 0.3 is 0 Å². The van der Waals surface area contributed by atoms with Crippen molar-refractivity contribution in [3.05, 3.63) is 36.5 Å². The van der Waals surface area contributed by atoms with Gasteiger partial charge in [0.1, 0.15) is 12.0 Å². The molecule has 6 heteroatoms. The van der Waals surface area contributed by atoms with Crippen LogP contribution in [0.1, 0.15) is 12.6 Å². The molecule has 0 aromatic carbocycles. The van der Waals surface area contributed by atoms with E-state index in [1.165, 1.54) is 6.26 Å². The molecule has 1 amide bonds. The molecule has 2 aromatic heterocycles. The molecule has 0 fully saturated rings. The molecule has 2 aromatic rings. The summed E-state index contributed by atoms with van der Waals surface area (Å²) >= 11 is 0. The average Bonchev–Trinajstić information content (AvgIpc) is 3.01. The van der Waals surface area contributed by atoms with Crippen molar-refractivity contribution in [3.8, 4) is 0 Å². The number of carbonyl (C=O) groups excluding carboxylic acids is 1. The molecule has 0 aliphatic rings. The third-order valence-electron chi connectivity index (χ3n) is 2.71. The molecule has 0 bridgehead atoms. The van der Waals surface area contributed by atoms with Crippen LogP contribution >= 0.6 is 0 Å². The Morgan fingerprint density at radius 2 is 2.44 bits per heavy atom. The Morgan fingerprint density at radius 3 is 3.06 bits per heavy atom. The molecule has 1 unspecified atom stereocenters. The van der Waals surface area contributed by atoms with Crippen LogP contribution in [0.3, 0.4) is 0 Å². The molecule has 0 saturated carbocycles. The predicted octanol–water partition coefficient (Wildman–Crippen LogP) is 1.17. The van der Waals surface area contributed by atoms with Crippen molar-refractivity contribution in [3.63, 3.8) is 0 Å². The van der Waals surface area contributed by atoms with Gasteiger partial charge in [-0.2, -0.15) is 5.10 Å². The summed E-state index contributed by atoms with van der Waals surface area (Å²) in [4.78, 5) is 13.8. The van der Waals surface area contributed by atoms with Crippen molar-refractivity contribution in [2.24, 2.45) is 5.92 Å². The van der Waals surface area contributed by atoms with Gasteiger partial charge in [-0.05, 0) is 6.07 Å². The number of hydrogen-bond acceptors (Lipinski definition) is 4. The number of nitrogens with zero attached hydrogens (tertiary/aromatic N) is 4. The van der Waals surface area contributed by atoms with Gasteiger partial charge in [0, 0.05) is 25.5 Å². The minimum Gasteiger partial charge on any atom is -0.364 e. The van der Waals surface area contributed by atoms with Crippen molar-refractivity contribution in [2.75, 3.05) is 7.05 Å². The molecule has 6 nitrogen and oxygen atoms in total. The maximum absolute atomic E-state index is 12.1. The van der Waals surface area contributed by atoms with Gasteiger partial charge in [0.15, 0.2) is 0 Å². The van der Waals surface area contributed by atoms with E-state index in [1.807, 2.05) is 19.2 Å². The summed E-state index contributed by atoms with van der Waals surface area (Å²) in [5, 5.41) is 7.88. The maximum atomic E-state index is 12.1. The normalized spacial score (nSPS) is 12.3. The lowest BCUT2D eigenvalue weighted by atomic mass is 10.1. The van der Waals surface area contributed by atoms with Gasteiger partial charge in [0.2, 0.25) is 5.91 Å². The second-order valence-electron chi connectivity index (χ2n) is 4.31. The highest BCUT2D eigenvalue weighted by molar-refractivity contribution is 5.78. The highest BCUT2D eigenvalue weighted by Gasteiger charge is 2.18. The highest BCUT2D eigenvalue weighted by atomic mass is 16.5. The number of aromatic nitrogens is 3. The quantitative estimate of drug-likeness (QED) is 0.796. The van der Waals surface area contributed by atoms with E-state index in [0.717, 1.165) is 5.69 Å². The van der Waals surface area contributed by atoms with Crippen LogP contribution in [-0.4, -0.2) is 32.8 Å². The predicted molar refractivity (Wildman–Crippen MR) is 64.4 cm³/mol. The van der Waals surface area contributed by atoms with Crippen LogP contribution in [0.15, 0.2) is 35.3 Å². The van der Waals surface area contributed by atoms with Gasteiger partial charge < -0.3 is 9.42 Å². The molecular formula is C12H16N4O2. The van der Waals surface area contributed by atoms with Crippen LogP contribution in [0.5, 0.6) is 0 Å². The lowest BCUT2D eigenvalue weighted by molar-refractivity contribution is -0.134. The topological polar surface area (TPSA) is 64.2 Å². The van der Waals surface area contributed by atoms with E-state index in [0.29, 0.717) is 13.1 Å². The van der Waals surface area contributed by atoms with Crippen LogP contribution in [-0.2, 0) is 17.9 Å². The van der Waals surface area contributed by atoms with E-state index in [1.54, 1.807) is 28.9 Å². The lowest BCUT2D eigenvalue weighted by Crippen LogP contribution is -2.33. The molecule has 0 aliphatic carbocycles. The van der Waals surface area contributed by atoms with E-state index in [9.17, 15) is 4.79 Å². The second kappa shape index (κ2) is 5.48. The molecule has 2 rings (SSSR count). The minimum atomic E-state index is -0.123. The average molecular weight is 248 g/mol. The fourth-order valence-electron chi connectivity index (χ4n) is 1.78. The van der Waals surface area contributed by atoms with Gasteiger partial charge in [0.05, 0.1) is 19.0 Å². The molecule has 18 heavy (non-hydrogen) atoms. The zero-order valence-corrected chi connectivity index (χ0v) is 10.5. The molecule has 0 aliphatic heterocycles. The standard InChI is InChI=1S/C12H16N4O2/c1-10(8-16-6-3-5-13-16)12(17)15(2)9-11-4-7-18-14-11/h3-7,10H,8-9H2,1-2H3. The zero-order chi connectivity index (χ0) is 13.0. The van der Waals surface area contributed by atoms with Gasteiger partial charge in [0.25, 0.3) is 0 Å². The molecule has 2 heterocycles. The van der Waals surface area contributed by atoms with Gasteiger partial charge in [-0.15, -0.1) is 0 Å². The Kier molecular flexibility index (Phi) is 3.76. The largest absolute Gasteiger partial charge is 0.364 e. The number of amides is 1. The first-order chi connectivity index (χ1) is 8.66. The van der Waals surface area contributed by atoms with Gasteiger partial charge in [-0.3, -0.25) is 9.48 Å². The molecule has 96 valence electrons. The smallest absolute Gasteiger partial charge is 0.227 e. The van der Waals surface area contributed by atoms with Crippen molar-refractivity contribution in [1.29, 1.82) is 0 Å². The molecule has 0 radical (unpaired) electrons. The fourth-order valence-corrected chi connectivity index (χ4v) is 1.78. The summed E-state index contributed by atoms with van der Waals surface area (Å²) in [6, 6.07) is 3.60. The molecular weight excluding hydrogens is 232 g/mol. The molecule has 0 saturated heterocycles. The molecule has 1 atom stereocenters. The van der Waals surface area contributed by atoms with Crippen molar-refractivity contribution < 1.29 is 9.32 Å². The van der Waals surface area contributed by atoms with Crippen molar-refractivity contribution in [2.45, 2.75) is 20.0 Å². The fraction of sp³-hybridized carbons (Fsp3) is 0.417. The summed E-state index contributed by atoms with van der Waals surface area (Å²) in [5.74, 6) is -0.0599. The summed E-state index contributed by atoms with van der Waals surface area (Å²) < 4.78 is 6.50. The SMILES string of the molecule is CC(Cn1cccn1)C(=O)N(C)Cc1ccon1. The van der Waals surface area contributed by atoms with E-state index in [-0.39, 0.29) is 11.8 Å². The van der Waals surface area contributed by atoms with E-state index in [2.05, 4.69) is 10.3 Å². The Morgan fingerprint density at radius 1 is 1.61 bits per heavy atom. The monoisotopic (exact) mass is 248 g/mol. The Bertz CT molecular complexity index is 434. The zero-order valence-electron chi connectivity index (χ0n) is 10.5. The van der Waals surface area contributed by atoms with Crippen LogP contribution < -0.4 is 0 Å². The first-order valence-electron chi connectivity index (χ1n) is 5.78. The van der Waals surface area contributed by atoms with Gasteiger partial charge in [-0.1, -0.05) is 12.1 Å². The van der Waals surface area contributed by atoms with Crippen LogP contribution in [0.25, 0.3) is 0 Å². The third-order valence-corrected chi connectivity index (χ3v) is 2.71. The van der Waals surface area contributed by atoms with Crippen molar-refractivity contribution in [1.82, 2.24) is 19.8 Å².